The lowest BCUT2D eigenvalue weighted by Crippen LogP contribution is -2.02. The van der Waals surface area contributed by atoms with Gasteiger partial charge in [-0.25, -0.2) is 0 Å². The molecule has 1 heterocycles. The Morgan fingerprint density at radius 2 is 2.05 bits per heavy atom. The lowest BCUT2D eigenvalue weighted by molar-refractivity contribution is 0.886. The molecule has 0 spiro atoms. The molecule has 0 aliphatic heterocycles. The summed E-state index contributed by atoms with van der Waals surface area (Å²) >= 11 is 2.03. The molecule has 2 aromatic rings. The van der Waals surface area contributed by atoms with E-state index < -0.39 is 0 Å². The van der Waals surface area contributed by atoms with E-state index in [-0.39, 0.29) is 0 Å². The zero-order chi connectivity index (χ0) is 12.9. The van der Waals surface area contributed by atoms with Gasteiger partial charge in [0.15, 0.2) is 0 Å². The van der Waals surface area contributed by atoms with Crippen molar-refractivity contribution in [1.29, 1.82) is 0 Å². The predicted molar refractivity (Wildman–Crippen MR) is 80.5 cm³/mol. The molecule has 4 heteroatoms. The van der Waals surface area contributed by atoms with Crippen LogP contribution in [0.3, 0.4) is 0 Å². The van der Waals surface area contributed by atoms with E-state index in [1.54, 1.807) is 6.20 Å². The molecule has 1 aliphatic rings. The molecule has 1 aromatic heterocycles. The first-order valence-electron chi connectivity index (χ1n) is 6.89. The van der Waals surface area contributed by atoms with Crippen molar-refractivity contribution in [2.24, 2.45) is 0 Å². The minimum absolute atomic E-state index is 0.794. The maximum Gasteiger partial charge on any atom is 0.0568 e. The number of para-hydroxylation sites is 1. The van der Waals surface area contributed by atoms with Crippen molar-refractivity contribution in [3.05, 3.63) is 42.2 Å². The van der Waals surface area contributed by atoms with Gasteiger partial charge < -0.3 is 5.32 Å². The molecule has 3 nitrogen and oxygen atoms in total. The Morgan fingerprint density at radius 1 is 1.21 bits per heavy atom. The Hall–Kier alpha value is -1.42. The van der Waals surface area contributed by atoms with Crippen molar-refractivity contribution < 1.29 is 0 Å². The molecule has 1 saturated carbocycles. The zero-order valence-corrected chi connectivity index (χ0v) is 11.7. The summed E-state index contributed by atoms with van der Waals surface area (Å²) in [5, 5.41) is 11.2. The first-order valence-corrected chi connectivity index (χ1v) is 7.77. The van der Waals surface area contributed by atoms with E-state index in [4.69, 9.17) is 0 Å². The summed E-state index contributed by atoms with van der Waals surface area (Å²) in [6, 6.07) is 10.6. The van der Waals surface area contributed by atoms with Gasteiger partial charge in [-0.2, -0.15) is 5.10 Å². The SMILES string of the molecule is c1ccc(SC2CCCC2)c(NCc2ccn[nH]2)c1. The number of rotatable bonds is 5. The second-order valence-electron chi connectivity index (χ2n) is 4.96. The van der Waals surface area contributed by atoms with Crippen molar-refractivity contribution >= 4 is 17.4 Å². The Labute approximate surface area is 118 Å². The molecule has 1 aliphatic carbocycles. The van der Waals surface area contributed by atoms with Crippen molar-refractivity contribution in [1.82, 2.24) is 10.2 Å². The second kappa shape index (κ2) is 6.15. The third-order valence-electron chi connectivity index (χ3n) is 3.51. The van der Waals surface area contributed by atoms with E-state index in [9.17, 15) is 0 Å². The minimum Gasteiger partial charge on any atom is -0.379 e. The standard InChI is InChI=1S/C15H19N3S/c1-2-6-13(5-1)19-15-8-4-3-7-14(15)16-11-12-9-10-17-18-12/h3-4,7-10,13,16H,1-2,5-6,11H2,(H,17,18). The Balaban J connectivity index is 1.66. The van der Waals surface area contributed by atoms with E-state index in [0.29, 0.717) is 0 Å². The summed E-state index contributed by atoms with van der Waals surface area (Å²) in [5.74, 6) is 0. The summed E-state index contributed by atoms with van der Waals surface area (Å²) < 4.78 is 0. The molecule has 0 saturated heterocycles. The molecule has 0 amide bonds. The lowest BCUT2D eigenvalue weighted by atomic mass is 10.3. The van der Waals surface area contributed by atoms with E-state index in [0.717, 1.165) is 17.5 Å². The molecule has 0 bridgehead atoms. The normalized spacial score (nSPS) is 15.8. The van der Waals surface area contributed by atoms with Gasteiger partial charge in [0.25, 0.3) is 0 Å². The fourth-order valence-electron chi connectivity index (χ4n) is 2.47. The van der Waals surface area contributed by atoms with Gasteiger partial charge in [0, 0.05) is 22.0 Å². The number of aromatic nitrogens is 2. The van der Waals surface area contributed by atoms with Crippen molar-refractivity contribution in [2.45, 2.75) is 42.4 Å². The van der Waals surface area contributed by atoms with Crippen LogP contribution >= 0.6 is 11.8 Å². The van der Waals surface area contributed by atoms with Crippen LogP contribution in [0.2, 0.25) is 0 Å². The van der Waals surface area contributed by atoms with Crippen molar-refractivity contribution in [3.63, 3.8) is 0 Å². The van der Waals surface area contributed by atoms with Gasteiger partial charge in [-0.05, 0) is 31.0 Å². The number of hydrogen-bond acceptors (Lipinski definition) is 3. The molecule has 1 aromatic carbocycles. The fourth-order valence-corrected chi connectivity index (χ4v) is 3.83. The minimum atomic E-state index is 0.794. The van der Waals surface area contributed by atoms with Crippen LogP contribution < -0.4 is 5.32 Å². The summed E-state index contributed by atoms with van der Waals surface area (Å²) in [4.78, 5) is 1.37. The number of hydrogen-bond donors (Lipinski definition) is 2. The predicted octanol–water partition coefficient (Wildman–Crippen LogP) is 4.06. The summed E-state index contributed by atoms with van der Waals surface area (Å²) in [6.07, 6.45) is 7.29. The molecule has 0 unspecified atom stereocenters. The summed E-state index contributed by atoms with van der Waals surface area (Å²) in [5.41, 5.74) is 2.34. The highest BCUT2D eigenvalue weighted by atomic mass is 32.2. The molecule has 0 radical (unpaired) electrons. The van der Waals surface area contributed by atoms with Crippen LogP contribution in [0.1, 0.15) is 31.4 Å². The van der Waals surface area contributed by atoms with Crippen molar-refractivity contribution in [2.75, 3.05) is 5.32 Å². The lowest BCUT2D eigenvalue weighted by Gasteiger charge is -2.14. The fraction of sp³-hybridized carbons (Fsp3) is 0.400. The van der Waals surface area contributed by atoms with E-state index in [2.05, 4.69) is 39.8 Å². The van der Waals surface area contributed by atoms with Gasteiger partial charge in [-0.3, -0.25) is 5.10 Å². The average molecular weight is 273 g/mol. The van der Waals surface area contributed by atoms with Gasteiger partial charge in [0.2, 0.25) is 0 Å². The van der Waals surface area contributed by atoms with Gasteiger partial charge in [-0.15, -0.1) is 11.8 Å². The number of anilines is 1. The van der Waals surface area contributed by atoms with E-state index in [1.807, 2.05) is 17.8 Å². The number of benzene rings is 1. The van der Waals surface area contributed by atoms with Gasteiger partial charge in [-0.1, -0.05) is 25.0 Å². The quantitative estimate of drug-likeness (QED) is 0.863. The molecule has 0 atom stereocenters. The van der Waals surface area contributed by atoms with E-state index >= 15 is 0 Å². The summed E-state index contributed by atoms with van der Waals surface area (Å²) in [7, 11) is 0. The third-order valence-corrected chi connectivity index (χ3v) is 4.93. The topological polar surface area (TPSA) is 40.7 Å². The maximum absolute atomic E-state index is 3.97. The van der Waals surface area contributed by atoms with Gasteiger partial charge >= 0.3 is 0 Å². The first-order chi connectivity index (χ1) is 9.42. The number of nitrogens with zero attached hydrogens (tertiary/aromatic N) is 1. The number of H-pyrrole nitrogens is 1. The van der Waals surface area contributed by atoms with Crippen LogP contribution in [0.5, 0.6) is 0 Å². The smallest absolute Gasteiger partial charge is 0.0568 e. The molecule has 1 fully saturated rings. The number of aromatic amines is 1. The summed E-state index contributed by atoms with van der Waals surface area (Å²) in [6.45, 7) is 0.794. The van der Waals surface area contributed by atoms with Crippen molar-refractivity contribution in [3.8, 4) is 0 Å². The monoisotopic (exact) mass is 273 g/mol. The number of nitrogens with one attached hydrogen (secondary N) is 2. The van der Waals surface area contributed by atoms with Gasteiger partial charge in [0.1, 0.15) is 0 Å². The van der Waals surface area contributed by atoms with Crippen LogP contribution in [0.4, 0.5) is 5.69 Å². The molecule has 3 rings (SSSR count). The highest BCUT2D eigenvalue weighted by molar-refractivity contribution is 8.00. The Morgan fingerprint density at radius 3 is 2.84 bits per heavy atom. The van der Waals surface area contributed by atoms with Gasteiger partial charge in [0.05, 0.1) is 12.2 Å². The average Bonchev–Trinajstić information content (AvgIpc) is 3.10. The Kier molecular flexibility index (Phi) is 4.08. The van der Waals surface area contributed by atoms with Crippen LogP contribution in [0.15, 0.2) is 41.4 Å². The molecular formula is C15H19N3S. The molecule has 19 heavy (non-hydrogen) atoms. The number of thioether (sulfide) groups is 1. The Bertz CT molecular complexity index is 504. The highest BCUT2D eigenvalue weighted by Crippen LogP contribution is 2.38. The van der Waals surface area contributed by atoms with Crippen LogP contribution in [-0.4, -0.2) is 15.4 Å². The molecule has 100 valence electrons. The first kappa shape index (κ1) is 12.6. The van der Waals surface area contributed by atoms with Crippen LogP contribution in [-0.2, 0) is 6.54 Å². The van der Waals surface area contributed by atoms with E-state index in [1.165, 1.54) is 36.3 Å². The molecule has 2 N–H and O–H groups in total. The van der Waals surface area contributed by atoms with Crippen LogP contribution in [0.25, 0.3) is 0 Å². The highest BCUT2D eigenvalue weighted by Gasteiger charge is 2.17. The zero-order valence-electron chi connectivity index (χ0n) is 10.9. The second-order valence-corrected chi connectivity index (χ2v) is 6.30. The maximum atomic E-state index is 3.97. The third kappa shape index (κ3) is 3.32. The van der Waals surface area contributed by atoms with Crippen LogP contribution in [0, 0.1) is 0 Å². The largest absolute Gasteiger partial charge is 0.379 e. The molecular weight excluding hydrogens is 254 g/mol.